The van der Waals surface area contributed by atoms with Gasteiger partial charge in [0.15, 0.2) is 0 Å². The smallest absolute Gasteiger partial charge is 0.354 e. The Morgan fingerprint density at radius 2 is 1.75 bits per heavy atom. The van der Waals surface area contributed by atoms with Crippen molar-refractivity contribution in [2.75, 3.05) is 24.9 Å². The Balaban J connectivity index is 3.08. The fraction of sp³-hybridized carbons (Fsp3) is 0.353. The van der Waals surface area contributed by atoms with Crippen LogP contribution in [0, 0.1) is 12.8 Å². The molecule has 0 aromatic heterocycles. The monoisotopic (exact) mass is 334 g/mol. The third-order valence-corrected chi connectivity index (χ3v) is 3.17. The highest BCUT2D eigenvalue weighted by atomic mass is 16.5. The van der Waals surface area contributed by atoms with Crippen molar-refractivity contribution < 1.29 is 23.9 Å². The van der Waals surface area contributed by atoms with E-state index in [-0.39, 0.29) is 17.5 Å². The van der Waals surface area contributed by atoms with Gasteiger partial charge in [0.05, 0.1) is 20.3 Å². The minimum Gasteiger partial charge on any atom is -0.466 e. The van der Waals surface area contributed by atoms with E-state index in [9.17, 15) is 14.4 Å². The molecule has 0 heterocycles. The zero-order valence-corrected chi connectivity index (χ0v) is 14.4. The van der Waals surface area contributed by atoms with Crippen LogP contribution in [0.3, 0.4) is 0 Å². The first-order chi connectivity index (χ1) is 11.3. The van der Waals surface area contributed by atoms with Crippen LogP contribution < -0.4 is 10.6 Å². The normalized spacial score (nSPS) is 11.0. The molecule has 1 aromatic carbocycles. The summed E-state index contributed by atoms with van der Waals surface area (Å²) in [6.45, 7) is 5.44. The molecule has 0 saturated carbocycles. The molecule has 0 saturated heterocycles. The average molecular weight is 334 g/mol. The van der Waals surface area contributed by atoms with Gasteiger partial charge in [-0.2, -0.15) is 0 Å². The Labute approximate surface area is 141 Å². The number of anilines is 2. The number of nitrogens with one attached hydrogen (secondary N) is 2. The highest BCUT2D eigenvalue weighted by molar-refractivity contribution is 5.99. The zero-order valence-electron chi connectivity index (χ0n) is 14.4. The number of hydrogen-bond donors (Lipinski definition) is 2. The Kier molecular flexibility index (Phi) is 6.98. The minimum absolute atomic E-state index is 0.0747. The minimum atomic E-state index is -0.714. The Morgan fingerprint density at radius 3 is 2.29 bits per heavy atom. The van der Waals surface area contributed by atoms with Gasteiger partial charge in [0.2, 0.25) is 5.91 Å². The van der Waals surface area contributed by atoms with Gasteiger partial charge in [0, 0.05) is 17.3 Å². The molecule has 0 fully saturated rings. The fourth-order valence-corrected chi connectivity index (χ4v) is 1.70. The van der Waals surface area contributed by atoms with Gasteiger partial charge in [0.1, 0.15) is 5.70 Å². The molecule has 0 unspecified atom stereocenters. The van der Waals surface area contributed by atoms with Crippen LogP contribution in [0.15, 0.2) is 30.0 Å². The highest BCUT2D eigenvalue weighted by Gasteiger charge is 2.14. The lowest BCUT2D eigenvalue weighted by Gasteiger charge is -2.14. The second-order valence-corrected chi connectivity index (χ2v) is 5.37. The molecule has 0 atom stereocenters. The molecular weight excluding hydrogens is 312 g/mol. The predicted molar refractivity (Wildman–Crippen MR) is 90.4 cm³/mol. The molecule has 0 radical (unpaired) electrons. The van der Waals surface area contributed by atoms with Gasteiger partial charge in [-0.3, -0.25) is 4.79 Å². The molecule has 24 heavy (non-hydrogen) atoms. The van der Waals surface area contributed by atoms with Crippen LogP contribution in [0.25, 0.3) is 0 Å². The molecule has 0 spiro atoms. The third kappa shape index (κ3) is 5.42. The molecule has 7 heteroatoms. The van der Waals surface area contributed by atoms with Crippen molar-refractivity contribution in [3.63, 3.8) is 0 Å². The first-order valence-corrected chi connectivity index (χ1v) is 7.35. The topological polar surface area (TPSA) is 93.7 Å². The van der Waals surface area contributed by atoms with Gasteiger partial charge in [-0.1, -0.05) is 19.9 Å². The number of ether oxygens (including phenoxy) is 2. The van der Waals surface area contributed by atoms with E-state index in [4.69, 9.17) is 0 Å². The van der Waals surface area contributed by atoms with Crippen molar-refractivity contribution in [3.05, 3.63) is 35.5 Å². The first-order valence-electron chi connectivity index (χ1n) is 7.35. The van der Waals surface area contributed by atoms with Crippen molar-refractivity contribution in [2.45, 2.75) is 20.8 Å². The number of esters is 2. The lowest BCUT2D eigenvalue weighted by molar-refractivity contribution is -0.138. The van der Waals surface area contributed by atoms with Gasteiger partial charge >= 0.3 is 11.9 Å². The third-order valence-electron chi connectivity index (χ3n) is 3.17. The van der Waals surface area contributed by atoms with E-state index in [1.807, 2.05) is 6.92 Å². The maximum absolute atomic E-state index is 11.9. The number of rotatable bonds is 6. The fourth-order valence-electron chi connectivity index (χ4n) is 1.70. The predicted octanol–water partition coefficient (Wildman–Crippen LogP) is 2.23. The van der Waals surface area contributed by atoms with Crippen molar-refractivity contribution in [3.8, 4) is 0 Å². The van der Waals surface area contributed by atoms with Crippen molar-refractivity contribution in [2.24, 2.45) is 5.92 Å². The summed E-state index contributed by atoms with van der Waals surface area (Å²) >= 11 is 0. The van der Waals surface area contributed by atoms with Crippen LogP contribution in [0.1, 0.15) is 19.4 Å². The second kappa shape index (κ2) is 8.71. The van der Waals surface area contributed by atoms with Crippen molar-refractivity contribution in [1.82, 2.24) is 0 Å². The maximum atomic E-state index is 11.9. The van der Waals surface area contributed by atoms with Gasteiger partial charge in [-0.05, 0) is 24.6 Å². The summed E-state index contributed by atoms with van der Waals surface area (Å²) in [6.07, 6.45) is 0.998. The summed E-state index contributed by atoms with van der Waals surface area (Å²) < 4.78 is 9.15. The largest absolute Gasteiger partial charge is 0.466 e. The molecule has 1 amide bonds. The van der Waals surface area contributed by atoms with Crippen LogP contribution in [0.5, 0.6) is 0 Å². The van der Waals surface area contributed by atoms with Gasteiger partial charge < -0.3 is 20.1 Å². The zero-order chi connectivity index (χ0) is 18.3. The SMILES string of the molecule is COC(=O)/C=C(/Nc1ccc(C)c(NC(=O)C(C)C)c1)C(=O)OC. The van der Waals surface area contributed by atoms with Gasteiger partial charge in [0.25, 0.3) is 0 Å². The molecule has 1 rings (SSSR count). The number of hydrogen-bond acceptors (Lipinski definition) is 6. The Hall–Kier alpha value is -2.83. The number of amides is 1. The van der Waals surface area contributed by atoms with Crippen LogP contribution in [0.4, 0.5) is 11.4 Å². The lowest BCUT2D eigenvalue weighted by Crippen LogP contribution is -2.19. The van der Waals surface area contributed by atoms with Gasteiger partial charge in [-0.25, -0.2) is 9.59 Å². The molecular formula is C17H22N2O5. The first kappa shape index (κ1) is 19.2. The van der Waals surface area contributed by atoms with E-state index in [0.29, 0.717) is 11.4 Å². The number of carbonyl (C=O) groups is 3. The summed E-state index contributed by atoms with van der Waals surface area (Å²) in [7, 11) is 2.41. The van der Waals surface area contributed by atoms with E-state index in [1.54, 1.807) is 32.0 Å². The van der Waals surface area contributed by atoms with Gasteiger partial charge in [-0.15, -0.1) is 0 Å². The van der Waals surface area contributed by atoms with Crippen molar-refractivity contribution in [1.29, 1.82) is 0 Å². The second-order valence-electron chi connectivity index (χ2n) is 5.37. The molecule has 2 N–H and O–H groups in total. The summed E-state index contributed by atoms with van der Waals surface area (Å²) in [4.78, 5) is 35.0. The van der Waals surface area contributed by atoms with E-state index in [1.165, 1.54) is 14.2 Å². The molecule has 130 valence electrons. The number of benzene rings is 1. The molecule has 0 bridgehead atoms. The number of carbonyl (C=O) groups excluding carboxylic acids is 3. The van der Waals surface area contributed by atoms with E-state index >= 15 is 0 Å². The number of methoxy groups -OCH3 is 2. The van der Waals surface area contributed by atoms with Crippen molar-refractivity contribution >= 4 is 29.2 Å². The molecule has 0 aliphatic carbocycles. The molecule has 1 aromatic rings. The molecule has 7 nitrogen and oxygen atoms in total. The molecule has 0 aliphatic heterocycles. The van der Waals surface area contributed by atoms with E-state index in [2.05, 4.69) is 20.1 Å². The number of aryl methyl sites for hydroxylation is 1. The standard InChI is InChI=1S/C17H22N2O5/c1-10(2)16(21)19-13-8-12(7-6-11(13)3)18-14(17(22)24-5)9-15(20)23-4/h6-10,18H,1-5H3,(H,19,21)/b14-9+. The maximum Gasteiger partial charge on any atom is 0.354 e. The van der Waals surface area contributed by atoms with E-state index in [0.717, 1.165) is 11.6 Å². The summed E-state index contributed by atoms with van der Waals surface area (Å²) in [5, 5.41) is 5.61. The Bertz CT molecular complexity index is 665. The van der Waals surface area contributed by atoms with Crippen LogP contribution in [-0.2, 0) is 23.9 Å². The lowest BCUT2D eigenvalue weighted by atomic mass is 10.1. The van der Waals surface area contributed by atoms with Crippen LogP contribution >= 0.6 is 0 Å². The van der Waals surface area contributed by atoms with E-state index < -0.39 is 11.9 Å². The highest BCUT2D eigenvalue weighted by Crippen LogP contribution is 2.22. The summed E-state index contributed by atoms with van der Waals surface area (Å²) in [5.74, 6) is -1.68. The molecule has 0 aliphatic rings. The van der Waals surface area contributed by atoms with Crippen LogP contribution in [0.2, 0.25) is 0 Å². The average Bonchev–Trinajstić information content (AvgIpc) is 2.55. The quantitative estimate of drug-likeness (QED) is 0.612. The Morgan fingerprint density at radius 1 is 1.08 bits per heavy atom. The summed E-state index contributed by atoms with van der Waals surface area (Å²) in [6, 6.07) is 5.17. The van der Waals surface area contributed by atoms with Crippen LogP contribution in [-0.4, -0.2) is 32.1 Å². The summed E-state index contributed by atoms with van der Waals surface area (Å²) in [5.41, 5.74) is 1.92.